The van der Waals surface area contributed by atoms with Crippen LogP contribution < -0.4 is 16.0 Å². The zero-order chi connectivity index (χ0) is 25.2. The Balaban J connectivity index is 1.19. The van der Waals surface area contributed by atoms with Gasteiger partial charge < -0.3 is 20.5 Å². The smallest absolute Gasteiger partial charge is 0.273 e. The number of H-pyrrole nitrogens is 1. The predicted octanol–water partition coefficient (Wildman–Crippen LogP) is 4.12. The number of hydrogen-bond donors (Lipinski definition) is 4. The Labute approximate surface area is 211 Å². The number of anilines is 1. The Morgan fingerprint density at radius 3 is 2.81 bits per heavy atom. The third kappa shape index (κ3) is 4.66. The molecule has 1 amide bonds. The number of carbonyl (C=O) groups is 1. The van der Waals surface area contributed by atoms with Crippen LogP contribution >= 0.6 is 0 Å². The monoisotopic (exact) mass is 497 g/mol. The molecule has 0 saturated carbocycles. The first-order chi connectivity index (χ1) is 18.2. The van der Waals surface area contributed by atoms with Gasteiger partial charge in [-0.25, -0.2) is 9.37 Å². The summed E-state index contributed by atoms with van der Waals surface area (Å²) in [6.07, 6.45) is 2.67. The lowest BCUT2D eigenvalue weighted by Crippen LogP contribution is -2.23. The summed E-state index contributed by atoms with van der Waals surface area (Å²) in [5.41, 5.74) is 3.45. The number of hydrogen-bond acceptors (Lipinski definition) is 7. The molecule has 1 unspecified atom stereocenters. The average Bonchev–Trinajstić information content (AvgIpc) is 3.70. The number of nitrogens with zero attached hydrogens (tertiary/aromatic N) is 3. The number of amides is 1. The molecule has 1 aliphatic heterocycles. The van der Waals surface area contributed by atoms with Gasteiger partial charge in [-0.05, 0) is 36.2 Å². The fourth-order valence-corrected chi connectivity index (χ4v) is 4.51. The summed E-state index contributed by atoms with van der Waals surface area (Å²) in [5.74, 6) is 0.319. The van der Waals surface area contributed by atoms with E-state index in [2.05, 4.69) is 36.3 Å². The van der Waals surface area contributed by atoms with Gasteiger partial charge >= 0.3 is 0 Å². The topological polar surface area (TPSA) is 121 Å². The SMILES string of the molecule is O=C(NCc1ccc(-c2ccnc3[nH]nc(NC4CCNC4)c23)cc1F)c1cc(-c2ccccc2)on1. The molecule has 0 aliphatic carbocycles. The van der Waals surface area contributed by atoms with E-state index < -0.39 is 11.7 Å². The molecule has 10 heteroatoms. The Morgan fingerprint density at radius 2 is 2.00 bits per heavy atom. The first-order valence-corrected chi connectivity index (χ1v) is 12.0. The summed E-state index contributed by atoms with van der Waals surface area (Å²) in [7, 11) is 0. The van der Waals surface area contributed by atoms with Crippen LogP contribution in [-0.4, -0.2) is 45.4 Å². The van der Waals surface area contributed by atoms with Crippen molar-refractivity contribution >= 4 is 22.8 Å². The predicted molar refractivity (Wildman–Crippen MR) is 137 cm³/mol. The molecule has 186 valence electrons. The number of fused-ring (bicyclic) bond motifs is 1. The summed E-state index contributed by atoms with van der Waals surface area (Å²) in [4.78, 5) is 16.9. The first kappa shape index (κ1) is 22.9. The van der Waals surface area contributed by atoms with Gasteiger partial charge in [0.05, 0.1) is 5.39 Å². The van der Waals surface area contributed by atoms with Crippen molar-refractivity contribution < 1.29 is 13.7 Å². The second-order valence-corrected chi connectivity index (χ2v) is 8.92. The van der Waals surface area contributed by atoms with Crippen molar-refractivity contribution in [2.75, 3.05) is 18.4 Å². The molecule has 0 spiro atoms. The van der Waals surface area contributed by atoms with E-state index in [1.54, 1.807) is 18.3 Å². The quantitative estimate of drug-likeness (QED) is 0.267. The van der Waals surface area contributed by atoms with Gasteiger partial charge in [0.15, 0.2) is 22.9 Å². The van der Waals surface area contributed by atoms with Crippen molar-refractivity contribution in [2.24, 2.45) is 0 Å². The summed E-state index contributed by atoms with van der Waals surface area (Å²) in [5, 5.41) is 21.5. The van der Waals surface area contributed by atoms with Crippen LogP contribution in [0.1, 0.15) is 22.5 Å². The maximum atomic E-state index is 15.1. The molecule has 37 heavy (non-hydrogen) atoms. The normalized spacial score (nSPS) is 15.2. The summed E-state index contributed by atoms with van der Waals surface area (Å²) >= 11 is 0. The Kier molecular flexibility index (Phi) is 6.07. The summed E-state index contributed by atoms with van der Waals surface area (Å²) < 4.78 is 20.4. The number of carbonyl (C=O) groups excluding carboxylic acids is 1. The second-order valence-electron chi connectivity index (χ2n) is 8.92. The lowest BCUT2D eigenvalue weighted by atomic mass is 10.0. The number of rotatable bonds is 7. The molecule has 0 radical (unpaired) electrons. The minimum atomic E-state index is -0.444. The van der Waals surface area contributed by atoms with Crippen LogP contribution in [0.25, 0.3) is 33.5 Å². The van der Waals surface area contributed by atoms with Crippen LogP contribution in [0.4, 0.5) is 10.2 Å². The van der Waals surface area contributed by atoms with Crippen molar-refractivity contribution in [2.45, 2.75) is 19.0 Å². The average molecular weight is 498 g/mol. The second kappa shape index (κ2) is 9.82. The van der Waals surface area contributed by atoms with Gasteiger partial charge in [-0.15, -0.1) is 0 Å². The Bertz CT molecular complexity index is 1560. The van der Waals surface area contributed by atoms with Gasteiger partial charge in [0.1, 0.15) is 5.82 Å². The van der Waals surface area contributed by atoms with Gasteiger partial charge in [0.2, 0.25) is 0 Å². The molecule has 1 fully saturated rings. The highest BCUT2D eigenvalue weighted by Gasteiger charge is 2.20. The molecule has 6 rings (SSSR count). The molecule has 2 aromatic carbocycles. The molecule has 1 atom stereocenters. The third-order valence-electron chi connectivity index (χ3n) is 6.47. The van der Waals surface area contributed by atoms with E-state index in [1.165, 1.54) is 6.07 Å². The lowest BCUT2D eigenvalue weighted by molar-refractivity contribution is 0.0941. The largest absolute Gasteiger partial charge is 0.364 e. The van der Waals surface area contributed by atoms with E-state index >= 15 is 4.39 Å². The van der Waals surface area contributed by atoms with Gasteiger partial charge in [-0.3, -0.25) is 9.89 Å². The Morgan fingerprint density at radius 1 is 1.11 bits per heavy atom. The van der Waals surface area contributed by atoms with Crippen molar-refractivity contribution in [1.29, 1.82) is 0 Å². The summed E-state index contributed by atoms with van der Waals surface area (Å²) in [6, 6.07) is 18.0. The van der Waals surface area contributed by atoms with Crippen molar-refractivity contribution in [3.63, 3.8) is 0 Å². The van der Waals surface area contributed by atoms with Crippen LogP contribution in [0.3, 0.4) is 0 Å². The highest BCUT2D eigenvalue weighted by Crippen LogP contribution is 2.33. The van der Waals surface area contributed by atoms with E-state index in [-0.39, 0.29) is 18.3 Å². The zero-order valence-corrected chi connectivity index (χ0v) is 19.8. The van der Waals surface area contributed by atoms with Crippen LogP contribution in [0.15, 0.2) is 71.4 Å². The maximum absolute atomic E-state index is 15.1. The number of benzene rings is 2. The van der Waals surface area contributed by atoms with Crippen molar-refractivity contribution in [3.05, 3.63) is 83.9 Å². The van der Waals surface area contributed by atoms with Gasteiger partial charge in [0, 0.05) is 42.5 Å². The van der Waals surface area contributed by atoms with Crippen LogP contribution in [0.5, 0.6) is 0 Å². The Hall–Kier alpha value is -4.57. The molecule has 3 aromatic heterocycles. The minimum Gasteiger partial charge on any atom is -0.364 e. The van der Waals surface area contributed by atoms with Gasteiger partial charge in [0.25, 0.3) is 5.91 Å². The van der Waals surface area contributed by atoms with E-state index in [0.717, 1.165) is 36.0 Å². The standard InChI is InChI=1S/C27H24FN7O2/c28-21-12-17(20-9-11-30-25-24(20)26(34-33-25)32-19-8-10-29-15-19)6-7-18(21)14-31-27(36)22-13-23(37-35-22)16-4-2-1-3-5-16/h1-7,9,11-13,19,29H,8,10,14-15H2,(H,31,36)(H2,30,32,33,34). The first-order valence-electron chi connectivity index (χ1n) is 12.0. The van der Waals surface area contributed by atoms with Gasteiger partial charge in [-0.2, -0.15) is 5.10 Å². The molecular formula is C27H24FN7O2. The highest BCUT2D eigenvalue weighted by atomic mass is 19.1. The van der Waals surface area contributed by atoms with E-state index in [0.29, 0.717) is 28.4 Å². The van der Waals surface area contributed by atoms with Crippen molar-refractivity contribution in [1.82, 2.24) is 31.0 Å². The highest BCUT2D eigenvalue weighted by molar-refractivity contribution is 6.00. The van der Waals surface area contributed by atoms with E-state index in [1.807, 2.05) is 42.5 Å². The number of pyridine rings is 1. The molecule has 1 aliphatic rings. The molecule has 4 N–H and O–H groups in total. The molecule has 5 aromatic rings. The van der Waals surface area contributed by atoms with Crippen molar-refractivity contribution in [3.8, 4) is 22.5 Å². The van der Waals surface area contributed by atoms with Crippen LogP contribution in [-0.2, 0) is 6.54 Å². The number of aromatic amines is 1. The molecule has 1 saturated heterocycles. The number of nitrogens with one attached hydrogen (secondary N) is 4. The molecule has 0 bridgehead atoms. The fraction of sp³-hybridized carbons (Fsp3) is 0.185. The van der Waals surface area contributed by atoms with Crippen LogP contribution in [0.2, 0.25) is 0 Å². The third-order valence-corrected chi connectivity index (χ3v) is 6.47. The van der Waals surface area contributed by atoms with E-state index in [9.17, 15) is 4.79 Å². The van der Waals surface area contributed by atoms with E-state index in [4.69, 9.17) is 4.52 Å². The number of aromatic nitrogens is 4. The lowest BCUT2D eigenvalue weighted by Gasteiger charge is -2.12. The zero-order valence-electron chi connectivity index (χ0n) is 19.8. The minimum absolute atomic E-state index is 0.0113. The number of halogens is 1. The maximum Gasteiger partial charge on any atom is 0.273 e. The molecule has 4 heterocycles. The van der Waals surface area contributed by atoms with Gasteiger partial charge in [-0.1, -0.05) is 47.6 Å². The molecular weight excluding hydrogens is 473 g/mol. The fourth-order valence-electron chi connectivity index (χ4n) is 4.51. The van der Waals surface area contributed by atoms with Crippen LogP contribution in [0, 0.1) is 5.82 Å². The molecule has 9 nitrogen and oxygen atoms in total. The summed E-state index contributed by atoms with van der Waals surface area (Å²) in [6.45, 7) is 1.83.